The number of carboxylic acids is 1. The van der Waals surface area contributed by atoms with Gasteiger partial charge in [0.15, 0.2) is 0 Å². The van der Waals surface area contributed by atoms with E-state index in [1.54, 1.807) is 0 Å². The van der Waals surface area contributed by atoms with E-state index >= 15 is 0 Å². The smallest absolute Gasteiger partial charge is 0.335 e. The van der Waals surface area contributed by atoms with Crippen LogP contribution < -0.4 is 5.32 Å². The molecule has 0 fully saturated rings. The van der Waals surface area contributed by atoms with E-state index in [-0.39, 0.29) is 16.3 Å². The molecule has 0 aliphatic carbocycles. The highest BCUT2D eigenvalue weighted by Gasteiger charge is 2.13. The van der Waals surface area contributed by atoms with Crippen LogP contribution in [0.2, 0.25) is 10.0 Å². The molecule has 1 aromatic heterocycles. The zero-order chi connectivity index (χ0) is 14.7. The standard InChI is InChI=1S/C13H8Cl2N2O3/c14-8-5-10(15)11(16-6-8)12(18)17-9-3-1-7(2-4-9)13(19)20/h1-6H,(H,17,18)(H,19,20). The molecular weight excluding hydrogens is 303 g/mol. The Hall–Kier alpha value is -2.11. The van der Waals surface area contributed by atoms with Gasteiger partial charge in [-0.25, -0.2) is 9.78 Å². The molecule has 1 aromatic carbocycles. The van der Waals surface area contributed by atoms with Gasteiger partial charge in [-0.2, -0.15) is 0 Å². The number of rotatable bonds is 3. The predicted molar refractivity (Wildman–Crippen MR) is 75.6 cm³/mol. The van der Waals surface area contributed by atoms with Crippen molar-refractivity contribution < 1.29 is 14.7 Å². The fraction of sp³-hybridized carbons (Fsp3) is 0. The number of aromatic carboxylic acids is 1. The number of carbonyl (C=O) groups is 2. The minimum absolute atomic E-state index is 0.0402. The molecule has 0 saturated carbocycles. The molecule has 7 heteroatoms. The zero-order valence-electron chi connectivity index (χ0n) is 9.93. The number of carbonyl (C=O) groups excluding carboxylic acids is 1. The van der Waals surface area contributed by atoms with Crippen molar-refractivity contribution in [2.24, 2.45) is 0 Å². The van der Waals surface area contributed by atoms with Crippen molar-refractivity contribution in [3.05, 3.63) is 57.8 Å². The van der Waals surface area contributed by atoms with Crippen LogP contribution in [-0.4, -0.2) is 22.0 Å². The van der Waals surface area contributed by atoms with Gasteiger partial charge in [0, 0.05) is 11.9 Å². The first-order chi connectivity index (χ1) is 9.47. The molecule has 0 unspecified atom stereocenters. The quantitative estimate of drug-likeness (QED) is 0.911. The largest absolute Gasteiger partial charge is 0.478 e. The zero-order valence-corrected chi connectivity index (χ0v) is 11.4. The van der Waals surface area contributed by atoms with E-state index in [1.807, 2.05) is 0 Å². The van der Waals surface area contributed by atoms with Gasteiger partial charge in [0.05, 0.1) is 15.6 Å². The Kier molecular flexibility index (Phi) is 4.22. The monoisotopic (exact) mass is 310 g/mol. The average Bonchev–Trinajstić information content (AvgIpc) is 2.39. The van der Waals surface area contributed by atoms with Gasteiger partial charge in [0.2, 0.25) is 0 Å². The van der Waals surface area contributed by atoms with Crippen LogP contribution in [0.3, 0.4) is 0 Å². The summed E-state index contributed by atoms with van der Waals surface area (Å²) in [5, 5.41) is 11.8. The number of hydrogen-bond acceptors (Lipinski definition) is 3. The van der Waals surface area contributed by atoms with Crippen LogP contribution in [-0.2, 0) is 0 Å². The lowest BCUT2D eigenvalue weighted by atomic mass is 10.2. The van der Waals surface area contributed by atoms with E-state index < -0.39 is 11.9 Å². The minimum atomic E-state index is -1.04. The molecule has 0 atom stereocenters. The number of halogens is 2. The second-order valence-corrected chi connectivity index (χ2v) is 4.66. The van der Waals surface area contributed by atoms with Crippen LogP contribution in [0.15, 0.2) is 36.5 Å². The van der Waals surface area contributed by atoms with Crippen molar-refractivity contribution in [2.45, 2.75) is 0 Å². The molecule has 1 heterocycles. The highest BCUT2D eigenvalue weighted by molar-refractivity contribution is 6.36. The fourth-order valence-electron chi connectivity index (χ4n) is 1.47. The maximum atomic E-state index is 11.9. The topological polar surface area (TPSA) is 79.3 Å². The maximum Gasteiger partial charge on any atom is 0.335 e. The van der Waals surface area contributed by atoms with Crippen molar-refractivity contribution >= 4 is 40.8 Å². The minimum Gasteiger partial charge on any atom is -0.478 e. The van der Waals surface area contributed by atoms with Gasteiger partial charge in [-0.1, -0.05) is 23.2 Å². The summed E-state index contributed by atoms with van der Waals surface area (Å²) in [5.41, 5.74) is 0.608. The van der Waals surface area contributed by atoms with Crippen LogP contribution >= 0.6 is 23.2 Å². The summed E-state index contributed by atoms with van der Waals surface area (Å²) in [7, 11) is 0. The Balaban J connectivity index is 2.17. The molecule has 1 amide bonds. The van der Waals surface area contributed by atoms with Gasteiger partial charge >= 0.3 is 5.97 Å². The van der Waals surface area contributed by atoms with E-state index in [0.29, 0.717) is 10.7 Å². The van der Waals surface area contributed by atoms with Crippen molar-refractivity contribution in [2.75, 3.05) is 5.32 Å². The normalized spacial score (nSPS) is 10.1. The van der Waals surface area contributed by atoms with Gasteiger partial charge < -0.3 is 10.4 Å². The Labute approximate surface area is 124 Å². The fourth-order valence-corrected chi connectivity index (χ4v) is 1.93. The highest BCUT2D eigenvalue weighted by atomic mass is 35.5. The summed E-state index contributed by atoms with van der Waals surface area (Å²) in [4.78, 5) is 26.5. The van der Waals surface area contributed by atoms with Gasteiger partial charge in [-0.05, 0) is 30.3 Å². The van der Waals surface area contributed by atoms with Gasteiger partial charge in [0.25, 0.3) is 5.91 Å². The van der Waals surface area contributed by atoms with E-state index in [9.17, 15) is 9.59 Å². The molecule has 0 aliphatic rings. The SMILES string of the molecule is O=C(O)c1ccc(NC(=O)c2ncc(Cl)cc2Cl)cc1. The van der Waals surface area contributed by atoms with Crippen LogP contribution in [0.1, 0.15) is 20.8 Å². The molecule has 5 nitrogen and oxygen atoms in total. The number of amides is 1. The second kappa shape index (κ2) is 5.90. The number of nitrogens with zero attached hydrogens (tertiary/aromatic N) is 1. The van der Waals surface area contributed by atoms with E-state index in [2.05, 4.69) is 10.3 Å². The summed E-state index contributed by atoms with van der Waals surface area (Å²) >= 11 is 11.6. The first-order valence-corrected chi connectivity index (χ1v) is 6.18. The number of pyridine rings is 1. The summed E-state index contributed by atoms with van der Waals surface area (Å²) in [6, 6.07) is 7.14. The number of benzene rings is 1. The molecule has 0 bridgehead atoms. The highest BCUT2D eigenvalue weighted by Crippen LogP contribution is 2.19. The average molecular weight is 311 g/mol. The van der Waals surface area contributed by atoms with Crippen molar-refractivity contribution in [3.8, 4) is 0 Å². The molecule has 0 aliphatic heterocycles. The lowest BCUT2D eigenvalue weighted by Gasteiger charge is -2.06. The molecule has 102 valence electrons. The molecule has 20 heavy (non-hydrogen) atoms. The van der Waals surface area contributed by atoms with Crippen LogP contribution in [0.5, 0.6) is 0 Å². The van der Waals surface area contributed by atoms with E-state index in [0.717, 1.165) is 0 Å². The number of aromatic nitrogens is 1. The van der Waals surface area contributed by atoms with Crippen molar-refractivity contribution in [1.82, 2.24) is 4.98 Å². The van der Waals surface area contributed by atoms with Crippen LogP contribution in [0, 0.1) is 0 Å². The summed E-state index contributed by atoms with van der Waals surface area (Å²) in [5.74, 6) is -1.54. The number of nitrogens with one attached hydrogen (secondary N) is 1. The third-order valence-electron chi connectivity index (χ3n) is 2.41. The maximum absolute atomic E-state index is 11.9. The molecule has 0 spiro atoms. The summed E-state index contributed by atoms with van der Waals surface area (Å²) in [6.45, 7) is 0. The first kappa shape index (κ1) is 14.3. The Morgan fingerprint density at radius 2 is 1.80 bits per heavy atom. The van der Waals surface area contributed by atoms with Crippen molar-refractivity contribution in [3.63, 3.8) is 0 Å². The Morgan fingerprint density at radius 3 is 2.35 bits per heavy atom. The molecule has 2 rings (SSSR count). The molecular formula is C13H8Cl2N2O3. The van der Waals surface area contributed by atoms with Crippen LogP contribution in [0.4, 0.5) is 5.69 Å². The molecule has 0 radical (unpaired) electrons. The summed E-state index contributed by atoms with van der Waals surface area (Å²) in [6.07, 6.45) is 1.32. The Bertz CT molecular complexity index is 672. The second-order valence-electron chi connectivity index (χ2n) is 3.82. The van der Waals surface area contributed by atoms with Gasteiger partial charge in [-0.15, -0.1) is 0 Å². The number of anilines is 1. The third kappa shape index (κ3) is 3.26. The number of carboxylic acid groups (broad SMARTS) is 1. The lowest BCUT2D eigenvalue weighted by molar-refractivity contribution is 0.0696. The Morgan fingerprint density at radius 1 is 1.15 bits per heavy atom. The van der Waals surface area contributed by atoms with E-state index in [1.165, 1.54) is 36.5 Å². The van der Waals surface area contributed by atoms with Gasteiger partial charge in [-0.3, -0.25) is 4.79 Å². The molecule has 0 saturated heterocycles. The molecule has 2 N–H and O–H groups in total. The molecule has 2 aromatic rings. The van der Waals surface area contributed by atoms with Crippen LogP contribution in [0.25, 0.3) is 0 Å². The predicted octanol–water partition coefficient (Wildman–Crippen LogP) is 3.34. The number of hydrogen-bond donors (Lipinski definition) is 2. The van der Waals surface area contributed by atoms with Crippen molar-refractivity contribution in [1.29, 1.82) is 0 Å². The lowest BCUT2D eigenvalue weighted by Crippen LogP contribution is -2.14. The van der Waals surface area contributed by atoms with Gasteiger partial charge in [0.1, 0.15) is 5.69 Å². The first-order valence-electron chi connectivity index (χ1n) is 5.43. The third-order valence-corrected chi connectivity index (χ3v) is 2.91. The summed E-state index contributed by atoms with van der Waals surface area (Å²) < 4.78 is 0. The van der Waals surface area contributed by atoms with E-state index in [4.69, 9.17) is 28.3 Å².